The highest BCUT2D eigenvalue weighted by atomic mass is 19.1. The van der Waals surface area contributed by atoms with Crippen molar-refractivity contribution in [3.8, 4) is 5.75 Å². The number of halogens is 1. The molecule has 0 aliphatic carbocycles. The minimum Gasteiger partial charge on any atom is -0.491 e. The number of fused-ring (bicyclic) bond motifs is 1. The molecule has 0 atom stereocenters. The molecular formula is C14H17FN2O2. The normalized spacial score (nSPS) is 19.2. The van der Waals surface area contributed by atoms with E-state index in [1.807, 2.05) is 4.90 Å². The molecule has 0 unspecified atom stereocenters. The van der Waals surface area contributed by atoms with Crippen LogP contribution in [0.4, 0.5) is 15.8 Å². The number of hydrogen-bond donors (Lipinski definition) is 0. The lowest BCUT2D eigenvalue weighted by Gasteiger charge is -2.22. The van der Waals surface area contributed by atoms with Gasteiger partial charge in [0.2, 0.25) is 5.91 Å². The second-order valence-electron chi connectivity index (χ2n) is 5.02. The van der Waals surface area contributed by atoms with Gasteiger partial charge in [-0.3, -0.25) is 4.79 Å². The average Bonchev–Trinajstić information content (AvgIpc) is 2.88. The van der Waals surface area contributed by atoms with Gasteiger partial charge in [0.15, 0.2) is 0 Å². The Morgan fingerprint density at radius 2 is 1.95 bits per heavy atom. The summed E-state index contributed by atoms with van der Waals surface area (Å²) in [6.45, 7) is 2.11. The zero-order valence-corrected chi connectivity index (χ0v) is 11.0. The Kier molecular flexibility index (Phi) is 3.05. The van der Waals surface area contributed by atoms with Gasteiger partial charge in [-0.1, -0.05) is 0 Å². The minimum absolute atomic E-state index is 0.0490. The van der Waals surface area contributed by atoms with Crippen molar-refractivity contribution in [2.75, 3.05) is 36.5 Å². The van der Waals surface area contributed by atoms with E-state index in [9.17, 15) is 9.18 Å². The molecule has 102 valence electrons. The van der Waals surface area contributed by atoms with Crippen molar-refractivity contribution >= 4 is 17.3 Å². The van der Waals surface area contributed by atoms with Crippen molar-refractivity contribution in [1.29, 1.82) is 0 Å². The van der Waals surface area contributed by atoms with Crippen molar-refractivity contribution in [1.82, 2.24) is 0 Å². The summed E-state index contributed by atoms with van der Waals surface area (Å²) >= 11 is 0. The van der Waals surface area contributed by atoms with Crippen LogP contribution in [0.15, 0.2) is 12.1 Å². The Bertz CT molecular complexity index is 512. The first-order chi connectivity index (χ1) is 9.16. The number of hydrogen-bond acceptors (Lipinski definition) is 3. The SMILES string of the molecule is CN1C(=O)CCOc2cc(N3CCCC3)c(F)cc21. The summed E-state index contributed by atoms with van der Waals surface area (Å²) in [6, 6.07) is 3.14. The summed E-state index contributed by atoms with van der Waals surface area (Å²) in [5.74, 6) is 0.259. The fourth-order valence-corrected chi connectivity index (χ4v) is 2.66. The number of carbonyl (C=O) groups excluding carboxylic acids is 1. The molecule has 1 amide bonds. The van der Waals surface area contributed by atoms with Crippen LogP contribution in [0, 0.1) is 5.82 Å². The summed E-state index contributed by atoms with van der Waals surface area (Å²) in [7, 11) is 1.66. The van der Waals surface area contributed by atoms with Gasteiger partial charge in [0, 0.05) is 32.3 Å². The standard InChI is InChI=1S/C14H17FN2O2/c1-16-12-8-10(15)11(17-5-2-3-6-17)9-13(12)19-7-4-14(16)18/h8-9H,2-7H2,1H3. The van der Waals surface area contributed by atoms with Crippen molar-refractivity contribution in [3.63, 3.8) is 0 Å². The summed E-state index contributed by atoms with van der Waals surface area (Å²) in [4.78, 5) is 15.2. The van der Waals surface area contributed by atoms with E-state index >= 15 is 0 Å². The van der Waals surface area contributed by atoms with Crippen LogP contribution in [0.25, 0.3) is 0 Å². The monoisotopic (exact) mass is 264 g/mol. The molecule has 19 heavy (non-hydrogen) atoms. The smallest absolute Gasteiger partial charge is 0.230 e. The van der Waals surface area contributed by atoms with E-state index < -0.39 is 0 Å². The third kappa shape index (κ3) is 2.13. The molecule has 5 heteroatoms. The molecule has 1 aromatic rings. The number of carbonyl (C=O) groups is 1. The molecular weight excluding hydrogens is 247 g/mol. The first kappa shape index (κ1) is 12.3. The fraction of sp³-hybridized carbons (Fsp3) is 0.500. The molecule has 2 aliphatic heterocycles. The average molecular weight is 264 g/mol. The lowest BCUT2D eigenvalue weighted by molar-refractivity contribution is -0.118. The zero-order valence-electron chi connectivity index (χ0n) is 11.0. The number of amides is 1. The van der Waals surface area contributed by atoms with Crippen molar-refractivity contribution in [2.24, 2.45) is 0 Å². The van der Waals surface area contributed by atoms with Crippen LogP contribution < -0.4 is 14.5 Å². The highest BCUT2D eigenvalue weighted by Gasteiger charge is 2.24. The molecule has 0 radical (unpaired) electrons. The lowest BCUT2D eigenvalue weighted by Crippen LogP contribution is -2.25. The summed E-state index contributed by atoms with van der Waals surface area (Å²) in [5.41, 5.74) is 1.10. The molecule has 1 fully saturated rings. The van der Waals surface area contributed by atoms with E-state index in [0.29, 0.717) is 30.2 Å². The minimum atomic E-state index is -0.286. The number of rotatable bonds is 1. The number of benzene rings is 1. The van der Waals surface area contributed by atoms with Crippen LogP contribution in [-0.2, 0) is 4.79 Å². The van der Waals surface area contributed by atoms with E-state index in [0.717, 1.165) is 25.9 Å². The zero-order chi connectivity index (χ0) is 13.4. The molecule has 0 aromatic heterocycles. The van der Waals surface area contributed by atoms with Crippen molar-refractivity contribution < 1.29 is 13.9 Å². The first-order valence-electron chi connectivity index (χ1n) is 6.64. The number of ether oxygens (including phenoxy) is 1. The Morgan fingerprint density at radius 1 is 1.21 bits per heavy atom. The molecule has 0 N–H and O–H groups in total. The van der Waals surface area contributed by atoms with Crippen LogP contribution in [0.2, 0.25) is 0 Å². The van der Waals surface area contributed by atoms with Crippen LogP contribution in [0.1, 0.15) is 19.3 Å². The molecule has 1 aromatic carbocycles. The second kappa shape index (κ2) is 4.72. The van der Waals surface area contributed by atoms with Gasteiger partial charge in [0.1, 0.15) is 11.6 Å². The van der Waals surface area contributed by atoms with Gasteiger partial charge >= 0.3 is 0 Å². The lowest BCUT2D eigenvalue weighted by atomic mass is 10.2. The van der Waals surface area contributed by atoms with E-state index in [4.69, 9.17) is 4.74 Å². The maximum absolute atomic E-state index is 14.2. The van der Waals surface area contributed by atoms with Gasteiger partial charge in [-0.25, -0.2) is 4.39 Å². The van der Waals surface area contributed by atoms with E-state index in [1.165, 1.54) is 11.0 Å². The van der Waals surface area contributed by atoms with Crippen LogP contribution in [0.3, 0.4) is 0 Å². The molecule has 4 nitrogen and oxygen atoms in total. The summed E-state index contributed by atoms with van der Waals surface area (Å²) in [5, 5.41) is 0. The Morgan fingerprint density at radius 3 is 2.68 bits per heavy atom. The van der Waals surface area contributed by atoms with Crippen LogP contribution in [-0.4, -0.2) is 32.7 Å². The van der Waals surface area contributed by atoms with E-state index in [1.54, 1.807) is 13.1 Å². The molecule has 1 saturated heterocycles. The van der Waals surface area contributed by atoms with Gasteiger partial charge < -0.3 is 14.5 Å². The van der Waals surface area contributed by atoms with Gasteiger partial charge in [0.25, 0.3) is 0 Å². The van der Waals surface area contributed by atoms with E-state index in [2.05, 4.69) is 0 Å². The van der Waals surface area contributed by atoms with Crippen LogP contribution in [0.5, 0.6) is 5.75 Å². The van der Waals surface area contributed by atoms with Crippen molar-refractivity contribution in [3.05, 3.63) is 17.9 Å². The van der Waals surface area contributed by atoms with E-state index in [-0.39, 0.29) is 11.7 Å². The molecule has 0 bridgehead atoms. The maximum Gasteiger partial charge on any atom is 0.230 e. The largest absolute Gasteiger partial charge is 0.491 e. The highest BCUT2D eigenvalue weighted by Crippen LogP contribution is 2.37. The summed E-state index contributed by atoms with van der Waals surface area (Å²) in [6.07, 6.45) is 2.51. The third-order valence-electron chi connectivity index (χ3n) is 3.78. The van der Waals surface area contributed by atoms with Crippen molar-refractivity contribution in [2.45, 2.75) is 19.3 Å². The Hall–Kier alpha value is -1.78. The predicted molar refractivity (Wildman–Crippen MR) is 71.4 cm³/mol. The first-order valence-corrected chi connectivity index (χ1v) is 6.64. The maximum atomic E-state index is 14.2. The predicted octanol–water partition coefficient (Wildman–Crippen LogP) is 2.17. The van der Waals surface area contributed by atoms with Gasteiger partial charge in [-0.05, 0) is 12.8 Å². The topological polar surface area (TPSA) is 32.8 Å². The second-order valence-corrected chi connectivity index (χ2v) is 5.02. The Labute approximate surface area is 111 Å². The van der Waals surface area contributed by atoms with Gasteiger partial charge in [0.05, 0.1) is 24.4 Å². The Balaban J connectivity index is 2.02. The highest BCUT2D eigenvalue weighted by molar-refractivity contribution is 5.95. The summed E-state index contributed by atoms with van der Waals surface area (Å²) < 4.78 is 19.8. The molecule has 2 heterocycles. The quantitative estimate of drug-likeness (QED) is 0.779. The molecule has 2 aliphatic rings. The fourth-order valence-electron chi connectivity index (χ4n) is 2.66. The molecule has 3 rings (SSSR count). The molecule has 0 spiro atoms. The number of nitrogens with zero attached hydrogens (tertiary/aromatic N) is 2. The third-order valence-corrected chi connectivity index (χ3v) is 3.78. The number of anilines is 2. The van der Waals surface area contributed by atoms with Crippen LogP contribution >= 0.6 is 0 Å². The molecule has 0 saturated carbocycles. The van der Waals surface area contributed by atoms with Gasteiger partial charge in [-0.15, -0.1) is 0 Å². The van der Waals surface area contributed by atoms with Gasteiger partial charge in [-0.2, -0.15) is 0 Å².